The van der Waals surface area contributed by atoms with Crippen molar-refractivity contribution >= 4 is 161 Å². The molecule has 0 bridgehead atoms. The van der Waals surface area contributed by atoms with Crippen molar-refractivity contribution < 1.29 is 4.42 Å². The molecule has 16 radical (unpaired) electrons. The van der Waals surface area contributed by atoms with Gasteiger partial charge >= 0.3 is 0 Å². The molecule has 1 heterocycles. The standard InChI is InChI=1S/C48H22B8O/c49-41-37-35(25-15-13-24(14-16-25)29-17-18-33-31(21-29)32-20-27-9-4-5-10-28(27)22-34(32)57-33)38-40(44(52)48(56)46(54)42(38)50)36(39(37)43(51)47(55)45(41)53)30-12-6-11-26(19-30)23-7-2-1-3-8-23/h1-22H. The second kappa shape index (κ2) is 13.3. The molecule has 9 aromatic carbocycles. The van der Waals surface area contributed by atoms with Crippen LogP contribution in [-0.4, -0.2) is 62.8 Å². The molecule has 0 saturated carbocycles. The van der Waals surface area contributed by atoms with Gasteiger partial charge in [-0.1, -0.05) is 125 Å². The summed E-state index contributed by atoms with van der Waals surface area (Å²) < 4.78 is 6.28. The maximum absolute atomic E-state index is 6.99. The van der Waals surface area contributed by atoms with Gasteiger partial charge in [0.2, 0.25) is 0 Å². The smallest absolute Gasteiger partial charge is 0.136 e. The Morgan fingerprint density at radius 1 is 0.281 bits per heavy atom. The third kappa shape index (κ3) is 5.43. The van der Waals surface area contributed by atoms with E-state index in [1.807, 2.05) is 66.7 Å². The lowest BCUT2D eigenvalue weighted by Crippen LogP contribution is -2.50. The molecule has 9 heteroatoms. The molecular weight excluding hydrogens is 679 g/mol. The molecule has 10 rings (SSSR count). The van der Waals surface area contributed by atoms with E-state index < -0.39 is 0 Å². The van der Waals surface area contributed by atoms with E-state index in [2.05, 4.69) is 66.7 Å². The van der Waals surface area contributed by atoms with Crippen molar-refractivity contribution in [2.45, 2.75) is 0 Å². The van der Waals surface area contributed by atoms with Gasteiger partial charge in [-0.2, -0.15) is 0 Å². The van der Waals surface area contributed by atoms with E-state index in [0.717, 1.165) is 66.1 Å². The Hall–Kier alpha value is -5.92. The van der Waals surface area contributed by atoms with Gasteiger partial charge in [0.05, 0.1) is 0 Å². The summed E-state index contributed by atoms with van der Waals surface area (Å²) in [6, 6.07) is 45.1. The van der Waals surface area contributed by atoms with E-state index in [1.165, 1.54) is 0 Å². The minimum absolute atomic E-state index is 0.171. The average Bonchev–Trinajstić information content (AvgIpc) is 3.61. The number of hydrogen-bond donors (Lipinski definition) is 0. The molecule has 57 heavy (non-hydrogen) atoms. The van der Waals surface area contributed by atoms with Crippen molar-refractivity contribution in [3.05, 3.63) is 133 Å². The van der Waals surface area contributed by atoms with Crippen LogP contribution in [0.1, 0.15) is 0 Å². The van der Waals surface area contributed by atoms with E-state index in [4.69, 9.17) is 67.2 Å². The predicted octanol–water partition coefficient (Wildman–Crippen LogP) is 4.06. The quantitative estimate of drug-likeness (QED) is 0.200. The molecule has 0 fully saturated rings. The van der Waals surface area contributed by atoms with Crippen LogP contribution in [0.15, 0.2) is 138 Å². The van der Waals surface area contributed by atoms with Crippen LogP contribution in [0, 0.1) is 0 Å². The van der Waals surface area contributed by atoms with Crippen LogP contribution >= 0.6 is 0 Å². The van der Waals surface area contributed by atoms with Gasteiger partial charge in [0.25, 0.3) is 0 Å². The van der Waals surface area contributed by atoms with Gasteiger partial charge in [-0.3, -0.25) is 0 Å². The topological polar surface area (TPSA) is 13.1 Å². The number of hydrogen-bond acceptors (Lipinski definition) is 1. The summed E-state index contributed by atoms with van der Waals surface area (Å²) in [5.74, 6) is 0. The Morgan fingerprint density at radius 3 is 1.30 bits per heavy atom. The molecule has 0 N–H and O–H groups in total. The number of fused-ring (bicyclic) bond motifs is 6. The van der Waals surface area contributed by atoms with Crippen molar-refractivity contribution in [3.63, 3.8) is 0 Å². The lowest BCUT2D eigenvalue weighted by Gasteiger charge is -2.28. The first-order valence-corrected chi connectivity index (χ1v) is 18.5. The van der Waals surface area contributed by atoms with Gasteiger partial charge in [0.1, 0.15) is 73.9 Å². The van der Waals surface area contributed by atoms with Crippen LogP contribution in [0.3, 0.4) is 0 Å². The Labute approximate surface area is 341 Å². The Morgan fingerprint density at radius 2 is 0.702 bits per heavy atom. The highest BCUT2D eigenvalue weighted by Gasteiger charge is 2.25. The van der Waals surface area contributed by atoms with Gasteiger partial charge in [-0.25, -0.2) is 0 Å². The van der Waals surface area contributed by atoms with Gasteiger partial charge in [0, 0.05) is 10.8 Å². The first-order valence-electron chi connectivity index (χ1n) is 18.5. The van der Waals surface area contributed by atoms with Crippen LogP contribution in [0.5, 0.6) is 0 Å². The normalized spacial score (nSPS) is 11.7. The van der Waals surface area contributed by atoms with Crippen LogP contribution < -0.4 is 43.7 Å². The fraction of sp³-hybridized carbons (Fsp3) is 0. The Balaban J connectivity index is 1.24. The van der Waals surface area contributed by atoms with Crippen molar-refractivity contribution in [2.24, 2.45) is 0 Å². The highest BCUT2D eigenvalue weighted by Crippen LogP contribution is 2.42. The zero-order valence-electron chi connectivity index (χ0n) is 30.7. The van der Waals surface area contributed by atoms with Gasteiger partial charge in [0.15, 0.2) is 0 Å². The zero-order chi connectivity index (χ0) is 39.3. The van der Waals surface area contributed by atoms with Crippen molar-refractivity contribution in [3.8, 4) is 44.5 Å². The molecule has 1 nitrogen and oxygen atoms in total. The van der Waals surface area contributed by atoms with Crippen molar-refractivity contribution in [1.29, 1.82) is 0 Å². The molecule has 0 amide bonds. The molecular formula is C48H22B8O. The van der Waals surface area contributed by atoms with Gasteiger partial charge in [-0.05, 0) is 107 Å². The number of benzene rings is 9. The third-order valence-corrected chi connectivity index (χ3v) is 11.4. The van der Waals surface area contributed by atoms with Crippen LogP contribution in [0.4, 0.5) is 0 Å². The summed E-state index contributed by atoms with van der Waals surface area (Å²) in [7, 11) is 54.4. The van der Waals surface area contributed by atoms with Crippen LogP contribution in [0.25, 0.3) is 98.8 Å². The summed E-state index contributed by atoms with van der Waals surface area (Å²) in [6.07, 6.45) is 0. The Bertz CT molecular complexity index is 3240. The molecule has 0 aliphatic rings. The average molecular weight is 701 g/mol. The minimum Gasteiger partial charge on any atom is -0.456 e. The van der Waals surface area contributed by atoms with Crippen molar-refractivity contribution in [2.75, 3.05) is 0 Å². The maximum atomic E-state index is 6.99. The van der Waals surface area contributed by atoms with E-state index in [-0.39, 0.29) is 43.7 Å². The molecule has 0 atom stereocenters. The summed E-state index contributed by atoms with van der Waals surface area (Å²) in [4.78, 5) is 0. The van der Waals surface area contributed by atoms with E-state index in [9.17, 15) is 0 Å². The fourth-order valence-corrected chi connectivity index (χ4v) is 8.48. The molecule has 244 valence electrons. The predicted molar refractivity (Wildman–Crippen MR) is 251 cm³/mol. The van der Waals surface area contributed by atoms with E-state index in [0.29, 0.717) is 32.7 Å². The van der Waals surface area contributed by atoms with E-state index >= 15 is 0 Å². The molecule has 0 spiro atoms. The first kappa shape index (κ1) is 35.5. The molecule has 0 aliphatic carbocycles. The third-order valence-electron chi connectivity index (χ3n) is 11.4. The van der Waals surface area contributed by atoms with Crippen molar-refractivity contribution in [1.82, 2.24) is 0 Å². The fourth-order valence-electron chi connectivity index (χ4n) is 8.48. The second-order valence-corrected chi connectivity index (χ2v) is 14.6. The maximum Gasteiger partial charge on any atom is 0.136 e. The van der Waals surface area contributed by atoms with E-state index in [1.54, 1.807) is 0 Å². The van der Waals surface area contributed by atoms with Crippen LogP contribution in [-0.2, 0) is 0 Å². The summed E-state index contributed by atoms with van der Waals surface area (Å²) in [5, 5.41) is 6.70. The molecule has 0 unspecified atom stereocenters. The highest BCUT2D eigenvalue weighted by molar-refractivity contribution is 6.71. The zero-order valence-corrected chi connectivity index (χ0v) is 30.7. The van der Waals surface area contributed by atoms with Gasteiger partial charge < -0.3 is 4.42 Å². The monoisotopic (exact) mass is 702 g/mol. The summed E-state index contributed by atoms with van der Waals surface area (Å²) >= 11 is 0. The molecule has 1 aromatic heterocycles. The molecule has 0 saturated heterocycles. The summed E-state index contributed by atoms with van der Waals surface area (Å²) in [5.41, 5.74) is 10.3. The largest absolute Gasteiger partial charge is 0.456 e. The number of rotatable bonds is 4. The lowest BCUT2D eigenvalue weighted by atomic mass is 9.59. The molecule has 0 aliphatic heterocycles. The minimum atomic E-state index is 0.171. The SMILES string of the molecule is [B]c1c([B])c([B])c2c(-c3cccc(-c4ccccc4)c3)c3c([B])c([B])c([B])c([B])c3c(-c3ccc(-c4ccc5oc6cc7ccccc7cc6c5c4)cc3)c2c1[B]. The summed E-state index contributed by atoms with van der Waals surface area (Å²) in [6.45, 7) is 0. The molecule has 10 aromatic rings. The highest BCUT2D eigenvalue weighted by atomic mass is 16.3. The second-order valence-electron chi connectivity index (χ2n) is 14.6. The van der Waals surface area contributed by atoms with Gasteiger partial charge in [-0.15, -0.1) is 21.9 Å². The van der Waals surface area contributed by atoms with Crippen LogP contribution in [0.2, 0.25) is 0 Å². The first-order chi connectivity index (χ1) is 27.6. The Kier molecular flexibility index (Phi) is 8.31. The lowest BCUT2D eigenvalue weighted by molar-refractivity contribution is 0.669. The number of furan rings is 1.